The highest BCUT2D eigenvalue weighted by atomic mass is 79.9. The number of nitrogens with two attached hydrogens (primary N) is 1. The third-order valence-electron chi connectivity index (χ3n) is 2.14. The van der Waals surface area contributed by atoms with E-state index in [9.17, 15) is 0 Å². The van der Waals surface area contributed by atoms with E-state index in [1.807, 2.05) is 25.3 Å². The van der Waals surface area contributed by atoms with Gasteiger partial charge < -0.3 is 10.8 Å². The molecule has 1 heterocycles. The summed E-state index contributed by atoms with van der Waals surface area (Å²) in [5, 5.41) is 11.1. The van der Waals surface area contributed by atoms with Crippen LogP contribution in [0.15, 0.2) is 15.9 Å². The molecule has 0 saturated heterocycles. The number of hydrogen-bond acceptors (Lipinski definition) is 3. The van der Waals surface area contributed by atoms with Gasteiger partial charge in [-0.1, -0.05) is 13.8 Å². The Morgan fingerprint density at radius 3 is 2.57 bits per heavy atom. The Kier molecular flexibility index (Phi) is 5.62. The fourth-order valence-corrected chi connectivity index (χ4v) is 2.63. The number of halogens is 2. The van der Waals surface area contributed by atoms with Gasteiger partial charge in [-0.15, -0.1) is 23.7 Å². The molecule has 2 nitrogen and oxygen atoms in total. The van der Waals surface area contributed by atoms with Gasteiger partial charge in [0.15, 0.2) is 0 Å². The predicted molar refractivity (Wildman–Crippen MR) is 67.1 cm³/mol. The van der Waals surface area contributed by atoms with Gasteiger partial charge in [-0.05, 0) is 22.0 Å². The lowest BCUT2D eigenvalue weighted by atomic mass is 9.85. The Morgan fingerprint density at radius 2 is 2.21 bits per heavy atom. The maximum absolute atomic E-state index is 9.15. The second kappa shape index (κ2) is 5.47. The van der Waals surface area contributed by atoms with Crippen LogP contribution in [0.25, 0.3) is 0 Å². The van der Waals surface area contributed by atoms with Crippen molar-refractivity contribution in [3.8, 4) is 0 Å². The molecule has 0 radical (unpaired) electrons. The molecular weight excluding hydrogens is 286 g/mol. The number of aliphatic hydroxyl groups excluding tert-OH is 1. The van der Waals surface area contributed by atoms with E-state index >= 15 is 0 Å². The van der Waals surface area contributed by atoms with Crippen molar-refractivity contribution in [3.05, 3.63) is 20.8 Å². The molecule has 0 amide bonds. The zero-order valence-corrected chi connectivity index (χ0v) is 11.4. The van der Waals surface area contributed by atoms with Crippen molar-refractivity contribution in [2.45, 2.75) is 19.9 Å². The van der Waals surface area contributed by atoms with E-state index in [-0.39, 0.29) is 30.5 Å². The minimum Gasteiger partial charge on any atom is -0.396 e. The summed E-state index contributed by atoms with van der Waals surface area (Å²) in [6.45, 7) is 4.03. The molecule has 1 aromatic rings. The number of hydrogen-bond donors (Lipinski definition) is 2. The van der Waals surface area contributed by atoms with Crippen LogP contribution in [-0.2, 0) is 0 Å². The van der Waals surface area contributed by atoms with Gasteiger partial charge in [-0.2, -0.15) is 0 Å². The zero-order chi connectivity index (χ0) is 10.1. The van der Waals surface area contributed by atoms with Crippen LogP contribution in [0.1, 0.15) is 24.8 Å². The SMILES string of the molecule is CC(C)(CO)[C@@H](N)c1cc(Br)cs1.Cl. The fourth-order valence-electron chi connectivity index (χ4n) is 0.975. The van der Waals surface area contributed by atoms with Gasteiger partial charge in [-0.3, -0.25) is 0 Å². The summed E-state index contributed by atoms with van der Waals surface area (Å²) in [5.74, 6) is 0. The summed E-state index contributed by atoms with van der Waals surface area (Å²) in [6.07, 6.45) is 0. The molecule has 0 aliphatic heterocycles. The van der Waals surface area contributed by atoms with Gasteiger partial charge in [0.25, 0.3) is 0 Å². The summed E-state index contributed by atoms with van der Waals surface area (Å²) < 4.78 is 1.05. The minimum atomic E-state index is -0.260. The van der Waals surface area contributed by atoms with Gasteiger partial charge in [0.1, 0.15) is 0 Å². The van der Waals surface area contributed by atoms with Crippen LogP contribution in [-0.4, -0.2) is 11.7 Å². The molecule has 0 bridgehead atoms. The first kappa shape index (κ1) is 14.4. The molecule has 0 spiro atoms. The topological polar surface area (TPSA) is 46.2 Å². The maximum Gasteiger partial charge on any atom is 0.0500 e. The summed E-state index contributed by atoms with van der Waals surface area (Å²) >= 11 is 5.00. The third kappa shape index (κ3) is 3.21. The van der Waals surface area contributed by atoms with E-state index in [1.54, 1.807) is 11.3 Å². The molecule has 0 fully saturated rings. The van der Waals surface area contributed by atoms with Crippen molar-refractivity contribution in [2.75, 3.05) is 6.61 Å². The Balaban J connectivity index is 0.00000169. The van der Waals surface area contributed by atoms with E-state index in [2.05, 4.69) is 15.9 Å². The fraction of sp³-hybridized carbons (Fsp3) is 0.556. The second-order valence-corrected chi connectivity index (χ2v) is 5.65. The van der Waals surface area contributed by atoms with E-state index < -0.39 is 0 Å². The number of rotatable bonds is 3. The van der Waals surface area contributed by atoms with Gasteiger partial charge in [-0.25, -0.2) is 0 Å². The highest BCUT2D eigenvalue weighted by Gasteiger charge is 2.27. The Hall–Kier alpha value is 0.390. The van der Waals surface area contributed by atoms with Crippen LogP contribution in [0, 0.1) is 5.41 Å². The lowest BCUT2D eigenvalue weighted by Crippen LogP contribution is -2.31. The predicted octanol–water partition coefficient (Wildman–Crippen LogP) is 2.95. The smallest absolute Gasteiger partial charge is 0.0500 e. The molecule has 82 valence electrons. The van der Waals surface area contributed by atoms with Crippen molar-refractivity contribution in [1.82, 2.24) is 0 Å². The molecule has 1 aromatic heterocycles. The van der Waals surface area contributed by atoms with Crippen molar-refractivity contribution >= 4 is 39.7 Å². The van der Waals surface area contributed by atoms with Crippen LogP contribution in [0.5, 0.6) is 0 Å². The summed E-state index contributed by atoms with van der Waals surface area (Å²) in [6, 6.07) is 1.90. The molecule has 0 saturated carbocycles. The third-order valence-corrected chi connectivity index (χ3v) is 3.92. The Bertz CT molecular complexity index is 290. The lowest BCUT2D eigenvalue weighted by molar-refractivity contribution is 0.133. The highest BCUT2D eigenvalue weighted by molar-refractivity contribution is 9.10. The maximum atomic E-state index is 9.15. The molecule has 0 unspecified atom stereocenters. The number of thiophene rings is 1. The molecule has 5 heteroatoms. The molecule has 1 atom stereocenters. The van der Waals surface area contributed by atoms with Crippen LogP contribution >= 0.6 is 39.7 Å². The van der Waals surface area contributed by atoms with Crippen LogP contribution < -0.4 is 5.73 Å². The van der Waals surface area contributed by atoms with E-state index in [0.717, 1.165) is 9.35 Å². The average Bonchev–Trinajstić information content (AvgIpc) is 2.50. The summed E-state index contributed by atoms with van der Waals surface area (Å²) in [4.78, 5) is 1.10. The van der Waals surface area contributed by atoms with Crippen molar-refractivity contribution in [1.29, 1.82) is 0 Å². The first-order valence-electron chi connectivity index (χ1n) is 4.08. The van der Waals surface area contributed by atoms with Gasteiger partial charge in [0.2, 0.25) is 0 Å². The Labute approximate surface area is 103 Å². The lowest BCUT2D eigenvalue weighted by Gasteiger charge is -2.28. The molecule has 0 aliphatic rings. The average molecular weight is 301 g/mol. The molecule has 3 N–H and O–H groups in total. The molecular formula is C9H15BrClNOS. The van der Waals surface area contributed by atoms with Crippen LogP contribution in [0.4, 0.5) is 0 Å². The summed E-state index contributed by atoms with van der Waals surface area (Å²) in [7, 11) is 0. The van der Waals surface area contributed by atoms with Gasteiger partial charge in [0.05, 0.1) is 6.61 Å². The second-order valence-electron chi connectivity index (χ2n) is 3.79. The number of aliphatic hydroxyl groups is 1. The zero-order valence-electron chi connectivity index (χ0n) is 8.16. The molecule has 0 aliphatic carbocycles. The van der Waals surface area contributed by atoms with Crippen LogP contribution in [0.3, 0.4) is 0 Å². The normalized spacial score (nSPS) is 13.5. The standard InChI is InChI=1S/C9H14BrNOS.ClH/c1-9(2,5-12)8(11)7-3-6(10)4-13-7;/h3-4,8,12H,5,11H2,1-2H3;1H/t8-;/m0./s1. The van der Waals surface area contributed by atoms with Gasteiger partial charge in [0, 0.05) is 26.2 Å². The van der Waals surface area contributed by atoms with E-state index in [1.165, 1.54) is 0 Å². The minimum absolute atomic E-state index is 0. The molecule has 0 aromatic carbocycles. The van der Waals surface area contributed by atoms with Crippen molar-refractivity contribution in [3.63, 3.8) is 0 Å². The van der Waals surface area contributed by atoms with E-state index in [4.69, 9.17) is 10.8 Å². The van der Waals surface area contributed by atoms with Crippen molar-refractivity contribution < 1.29 is 5.11 Å². The van der Waals surface area contributed by atoms with Crippen LogP contribution in [0.2, 0.25) is 0 Å². The Morgan fingerprint density at radius 1 is 1.64 bits per heavy atom. The van der Waals surface area contributed by atoms with Crippen molar-refractivity contribution in [2.24, 2.45) is 11.1 Å². The molecule has 1 rings (SSSR count). The first-order valence-corrected chi connectivity index (χ1v) is 5.75. The monoisotopic (exact) mass is 299 g/mol. The first-order chi connectivity index (χ1) is 5.97. The summed E-state index contributed by atoms with van der Waals surface area (Å²) in [5.41, 5.74) is 5.77. The molecule has 14 heavy (non-hydrogen) atoms. The largest absolute Gasteiger partial charge is 0.396 e. The van der Waals surface area contributed by atoms with E-state index in [0.29, 0.717) is 0 Å². The van der Waals surface area contributed by atoms with Gasteiger partial charge >= 0.3 is 0 Å². The quantitative estimate of drug-likeness (QED) is 0.901. The highest BCUT2D eigenvalue weighted by Crippen LogP contribution is 2.35.